The first kappa shape index (κ1) is 26.3. The van der Waals surface area contributed by atoms with E-state index < -0.39 is 17.6 Å². The Balaban J connectivity index is 1.42. The second-order valence-corrected chi connectivity index (χ2v) is 12.2. The van der Waals surface area contributed by atoms with Crippen LogP contribution in [0.3, 0.4) is 0 Å². The zero-order chi connectivity index (χ0) is 28.2. The minimum atomic E-state index is -0.916. The van der Waals surface area contributed by atoms with Gasteiger partial charge in [0.25, 0.3) is 0 Å². The number of hydrogen-bond acceptors (Lipinski definition) is 4. The SMILES string of the molecule is CC(C)(C)OC(=O)C[C@H](N)C(=O)Cc1ccc2c3ccccc3c3cc(-c4c[nH]c5ccc(Br)cc45)[nH]c3c2c1. The molecule has 0 saturated carbocycles. The largest absolute Gasteiger partial charge is 0.460 e. The molecule has 0 unspecified atom stereocenters. The Morgan fingerprint density at radius 2 is 1.60 bits per heavy atom. The Hall–Kier alpha value is -3.94. The van der Waals surface area contributed by atoms with Crippen molar-refractivity contribution in [2.75, 3.05) is 0 Å². The van der Waals surface area contributed by atoms with Crippen molar-refractivity contribution in [1.82, 2.24) is 9.97 Å². The Morgan fingerprint density at radius 3 is 2.35 bits per heavy atom. The molecule has 0 bridgehead atoms. The number of esters is 1. The number of ether oxygens (including phenoxy) is 1. The predicted octanol–water partition coefficient (Wildman–Crippen LogP) is 7.56. The van der Waals surface area contributed by atoms with Crippen LogP contribution < -0.4 is 5.73 Å². The van der Waals surface area contributed by atoms with E-state index in [0.29, 0.717) is 0 Å². The highest BCUT2D eigenvalue weighted by Crippen LogP contribution is 2.39. The molecule has 0 amide bonds. The molecule has 2 aromatic heterocycles. The highest BCUT2D eigenvalue weighted by Gasteiger charge is 2.23. The zero-order valence-corrected chi connectivity index (χ0v) is 24.2. The Kier molecular flexibility index (Phi) is 6.51. The standard InChI is InChI=1S/C33H30BrN3O3/c1-33(2,3)40-31(39)16-27(35)30(38)13-18-8-10-22-20-6-4-5-7-21(20)25-15-29(37-32(25)24(22)12-18)26-17-36-28-11-9-19(34)14-23(26)28/h4-12,14-15,17,27,36-37H,13,16,35H2,1-3H3/t27-/m0/s1. The van der Waals surface area contributed by atoms with Crippen LogP contribution in [0.1, 0.15) is 32.8 Å². The van der Waals surface area contributed by atoms with Gasteiger partial charge < -0.3 is 20.4 Å². The number of fused-ring (bicyclic) bond motifs is 7. The highest BCUT2D eigenvalue weighted by atomic mass is 79.9. The number of carbonyl (C=O) groups excluding carboxylic acids is 2. The molecule has 0 saturated heterocycles. The van der Waals surface area contributed by atoms with Crippen molar-refractivity contribution < 1.29 is 14.3 Å². The number of rotatable bonds is 6. The number of hydrogen-bond donors (Lipinski definition) is 3. The maximum Gasteiger partial charge on any atom is 0.308 e. The third-order valence-corrected chi connectivity index (χ3v) is 7.70. The van der Waals surface area contributed by atoms with Gasteiger partial charge in [-0.15, -0.1) is 0 Å². The summed E-state index contributed by atoms with van der Waals surface area (Å²) < 4.78 is 6.36. The van der Waals surface area contributed by atoms with Crippen LogP contribution in [-0.2, 0) is 20.7 Å². The molecule has 0 aliphatic carbocycles. The fourth-order valence-corrected chi connectivity index (χ4v) is 5.81. The number of aromatic nitrogens is 2. The molecule has 0 aliphatic rings. The van der Waals surface area contributed by atoms with E-state index in [9.17, 15) is 9.59 Å². The van der Waals surface area contributed by atoms with Crippen LogP contribution in [-0.4, -0.2) is 33.4 Å². The van der Waals surface area contributed by atoms with Crippen molar-refractivity contribution in [3.05, 3.63) is 83.0 Å². The maximum atomic E-state index is 13.0. The first-order valence-electron chi connectivity index (χ1n) is 13.3. The Morgan fingerprint density at radius 1 is 0.900 bits per heavy atom. The van der Waals surface area contributed by atoms with Crippen molar-refractivity contribution in [1.29, 1.82) is 0 Å². The van der Waals surface area contributed by atoms with Crippen LogP contribution in [0.15, 0.2) is 77.4 Å². The summed E-state index contributed by atoms with van der Waals surface area (Å²) in [6, 6.07) is 22.0. The van der Waals surface area contributed by atoms with Gasteiger partial charge in [0.1, 0.15) is 5.60 Å². The molecule has 6 rings (SSSR count). The number of benzene rings is 4. The van der Waals surface area contributed by atoms with Gasteiger partial charge in [0.05, 0.1) is 18.0 Å². The van der Waals surface area contributed by atoms with Gasteiger partial charge in [-0.05, 0) is 72.8 Å². The lowest BCUT2D eigenvalue weighted by atomic mass is 9.94. The molecule has 2 heterocycles. The van der Waals surface area contributed by atoms with Crippen molar-refractivity contribution in [3.63, 3.8) is 0 Å². The van der Waals surface area contributed by atoms with E-state index in [2.05, 4.69) is 74.4 Å². The molecule has 0 aliphatic heterocycles. The van der Waals surface area contributed by atoms with Crippen LogP contribution in [0.5, 0.6) is 0 Å². The van der Waals surface area contributed by atoms with Crippen LogP contribution in [0.4, 0.5) is 0 Å². The van der Waals surface area contributed by atoms with Crippen molar-refractivity contribution in [2.45, 2.75) is 45.3 Å². The monoisotopic (exact) mass is 595 g/mol. The van der Waals surface area contributed by atoms with Gasteiger partial charge in [-0.2, -0.15) is 0 Å². The molecular formula is C33H30BrN3O3. The fourth-order valence-electron chi connectivity index (χ4n) is 5.44. The second-order valence-electron chi connectivity index (χ2n) is 11.3. The Bertz CT molecular complexity index is 1940. The molecule has 202 valence electrons. The lowest BCUT2D eigenvalue weighted by molar-refractivity contribution is -0.156. The summed E-state index contributed by atoms with van der Waals surface area (Å²) in [5.41, 5.74) is 10.5. The molecule has 1 atom stereocenters. The van der Waals surface area contributed by atoms with E-state index in [4.69, 9.17) is 10.5 Å². The quantitative estimate of drug-likeness (QED) is 0.137. The molecule has 4 aromatic carbocycles. The average molecular weight is 597 g/mol. The van der Waals surface area contributed by atoms with Gasteiger partial charge in [0.2, 0.25) is 0 Å². The number of H-pyrrole nitrogens is 2. The van der Waals surface area contributed by atoms with E-state index in [1.165, 1.54) is 0 Å². The number of aromatic amines is 2. The number of nitrogens with one attached hydrogen (secondary N) is 2. The molecule has 0 spiro atoms. The van der Waals surface area contributed by atoms with E-state index >= 15 is 0 Å². The summed E-state index contributed by atoms with van der Waals surface area (Å²) in [6.45, 7) is 5.38. The molecule has 0 radical (unpaired) electrons. The molecule has 4 N–H and O–H groups in total. The van der Waals surface area contributed by atoms with Crippen LogP contribution in [0.25, 0.3) is 54.6 Å². The van der Waals surface area contributed by atoms with Gasteiger partial charge >= 0.3 is 5.97 Å². The fraction of sp³-hybridized carbons (Fsp3) is 0.212. The van der Waals surface area contributed by atoms with Gasteiger partial charge in [-0.3, -0.25) is 9.59 Å². The minimum absolute atomic E-state index is 0.137. The van der Waals surface area contributed by atoms with Gasteiger partial charge in [-0.25, -0.2) is 0 Å². The number of halogens is 1. The molecular weight excluding hydrogens is 566 g/mol. The smallest absolute Gasteiger partial charge is 0.308 e. The highest BCUT2D eigenvalue weighted by molar-refractivity contribution is 9.10. The molecule has 6 aromatic rings. The molecule has 7 heteroatoms. The van der Waals surface area contributed by atoms with Crippen LogP contribution >= 0.6 is 15.9 Å². The lowest BCUT2D eigenvalue weighted by Crippen LogP contribution is -2.36. The first-order chi connectivity index (χ1) is 19.1. The minimum Gasteiger partial charge on any atom is -0.460 e. The van der Waals surface area contributed by atoms with Gasteiger partial charge in [0, 0.05) is 50.0 Å². The summed E-state index contributed by atoms with van der Waals surface area (Å²) in [5.74, 6) is -0.665. The molecule has 40 heavy (non-hydrogen) atoms. The van der Waals surface area contributed by atoms with Crippen molar-refractivity contribution in [3.8, 4) is 11.3 Å². The van der Waals surface area contributed by atoms with E-state index in [1.54, 1.807) is 20.8 Å². The van der Waals surface area contributed by atoms with E-state index in [1.807, 2.05) is 24.4 Å². The summed E-state index contributed by atoms with van der Waals surface area (Å²) in [4.78, 5) is 32.3. The number of Topliss-reactive ketones (excluding diaryl/α,β-unsaturated/α-hetero) is 1. The zero-order valence-electron chi connectivity index (χ0n) is 22.6. The van der Waals surface area contributed by atoms with Gasteiger partial charge in [-0.1, -0.05) is 52.3 Å². The van der Waals surface area contributed by atoms with E-state index in [0.717, 1.165) is 64.6 Å². The summed E-state index contributed by atoms with van der Waals surface area (Å²) >= 11 is 3.60. The van der Waals surface area contributed by atoms with Crippen LogP contribution in [0.2, 0.25) is 0 Å². The predicted molar refractivity (Wildman–Crippen MR) is 165 cm³/mol. The van der Waals surface area contributed by atoms with Crippen molar-refractivity contribution >= 4 is 71.0 Å². The lowest BCUT2D eigenvalue weighted by Gasteiger charge is -2.20. The normalized spacial score (nSPS) is 12.9. The maximum absolute atomic E-state index is 13.0. The summed E-state index contributed by atoms with van der Waals surface area (Å²) in [7, 11) is 0. The van der Waals surface area contributed by atoms with Crippen LogP contribution in [0, 0.1) is 0 Å². The third kappa shape index (κ3) is 4.91. The number of ketones is 1. The molecule has 0 fully saturated rings. The first-order valence-corrected chi connectivity index (χ1v) is 14.1. The number of nitrogens with two attached hydrogens (primary N) is 1. The molecule has 6 nitrogen and oxygen atoms in total. The average Bonchev–Trinajstić information content (AvgIpc) is 3.52. The van der Waals surface area contributed by atoms with E-state index in [-0.39, 0.29) is 18.6 Å². The Labute approximate surface area is 240 Å². The summed E-state index contributed by atoms with van der Waals surface area (Å²) in [6.07, 6.45) is 2.03. The topological polar surface area (TPSA) is 101 Å². The second kappa shape index (κ2) is 9.91. The third-order valence-electron chi connectivity index (χ3n) is 7.21. The number of carbonyl (C=O) groups is 2. The van der Waals surface area contributed by atoms with Gasteiger partial charge in [0.15, 0.2) is 5.78 Å². The van der Waals surface area contributed by atoms with Crippen molar-refractivity contribution in [2.24, 2.45) is 5.73 Å². The summed E-state index contributed by atoms with van der Waals surface area (Å²) in [5, 5.41) is 6.69.